The van der Waals surface area contributed by atoms with Gasteiger partial charge < -0.3 is 15.1 Å². The summed E-state index contributed by atoms with van der Waals surface area (Å²) >= 11 is 0. The van der Waals surface area contributed by atoms with Gasteiger partial charge in [0.05, 0.1) is 5.56 Å². The molecule has 0 heterocycles. The van der Waals surface area contributed by atoms with Gasteiger partial charge in [-0.05, 0) is 32.3 Å². The fourth-order valence-electron chi connectivity index (χ4n) is 1.19. The van der Waals surface area contributed by atoms with Gasteiger partial charge in [-0.15, -0.1) is 0 Å². The monoisotopic (exact) mass is 195 g/mol. The van der Waals surface area contributed by atoms with Crippen molar-refractivity contribution in [2.75, 3.05) is 14.1 Å². The van der Waals surface area contributed by atoms with Crippen molar-refractivity contribution in [3.8, 4) is 5.75 Å². The molecule has 1 aromatic rings. The van der Waals surface area contributed by atoms with E-state index in [4.69, 9.17) is 5.11 Å². The Morgan fingerprint density at radius 3 is 2.57 bits per heavy atom. The maximum atomic E-state index is 10.7. The Kier molecular flexibility index (Phi) is 3.09. The molecule has 1 aromatic carbocycles. The molecule has 0 aliphatic heterocycles. The molecule has 0 aliphatic carbocycles. The van der Waals surface area contributed by atoms with Crippen LogP contribution in [-0.2, 0) is 6.54 Å². The molecule has 0 radical (unpaired) electrons. The van der Waals surface area contributed by atoms with Crippen molar-refractivity contribution in [3.63, 3.8) is 0 Å². The van der Waals surface area contributed by atoms with E-state index < -0.39 is 5.97 Å². The van der Waals surface area contributed by atoms with Crippen LogP contribution >= 0.6 is 0 Å². The lowest BCUT2D eigenvalue weighted by Crippen LogP contribution is -2.11. The van der Waals surface area contributed by atoms with Crippen molar-refractivity contribution >= 4 is 5.97 Å². The van der Waals surface area contributed by atoms with E-state index in [0.29, 0.717) is 12.1 Å². The summed E-state index contributed by atoms with van der Waals surface area (Å²) in [4.78, 5) is 12.5. The van der Waals surface area contributed by atoms with E-state index in [2.05, 4.69) is 0 Å². The van der Waals surface area contributed by atoms with E-state index >= 15 is 0 Å². The number of phenols is 1. The molecule has 0 amide bonds. The van der Waals surface area contributed by atoms with Crippen molar-refractivity contribution in [3.05, 3.63) is 29.3 Å². The van der Waals surface area contributed by atoms with Gasteiger partial charge in [-0.1, -0.05) is 0 Å². The van der Waals surface area contributed by atoms with E-state index in [9.17, 15) is 9.90 Å². The van der Waals surface area contributed by atoms with Crippen LogP contribution in [0.1, 0.15) is 15.9 Å². The molecule has 2 N–H and O–H groups in total. The number of rotatable bonds is 3. The Hall–Kier alpha value is -1.55. The third-order valence-corrected chi connectivity index (χ3v) is 1.81. The zero-order valence-electron chi connectivity index (χ0n) is 8.19. The summed E-state index contributed by atoms with van der Waals surface area (Å²) < 4.78 is 0. The summed E-state index contributed by atoms with van der Waals surface area (Å²) in [7, 11) is 3.71. The zero-order chi connectivity index (χ0) is 10.7. The van der Waals surface area contributed by atoms with Gasteiger partial charge in [0, 0.05) is 12.1 Å². The van der Waals surface area contributed by atoms with Crippen LogP contribution in [0.15, 0.2) is 18.2 Å². The largest absolute Gasteiger partial charge is 0.508 e. The summed E-state index contributed by atoms with van der Waals surface area (Å²) in [5.41, 5.74) is 0.814. The highest BCUT2D eigenvalue weighted by molar-refractivity contribution is 5.88. The summed E-state index contributed by atoms with van der Waals surface area (Å²) in [6, 6.07) is 4.27. The van der Waals surface area contributed by atoms with Crippen LogP contribution in [0, 0.1) is 0 Å². The summed E-state index contributed by atoms with van der Waals surface area (Å²) in [5.74, 6) is -0.853. The second kappa shape index (κ2) is 4.11. The topological polar surface area (TPSA) is 60.8 Å². The lowest BCUT2D eigenvalue weighted by atomic mass is 10.1. The number of aromatic hydroxyl groups is 1. The van der Waals surface area contributed by atoms with Gasteiger partial charge in [-0.2, -0.15) is 0 Å². The van der Waals surface area contributed by atoms with E-state index in [1.165, 1.54) is 18.2 Å². The summed E-state index contributed by atoms with van der Waals surface area (Å²) in [5, 5.41) is 18.2. The molecular formula is C10H13NO3. The number of hydrogen-bond acceptors (Lipinski definition) is 3. The molecule has 0 fully saturated rings. The van der Waals surface area contributed by atoms with Gasteiger partial charge in [-0.25, -0.2) is 4.79 Å². The lowest BCUT2D eigenvalue weighted by molar-refractivity contribution is 0.0696. The highest BCUT2D eigenvalue weighted by atomic mass is 16.4. The van der Waals surface area contributed by atoms with Crippen LogP contribution in [-0.4, -0.2) is 35.2 Å². The number of phenolic OH excluding ortho intramolecular Hbond substituents is 1. The van der Waals surface area contributed by atoms with Crippen molar-refractivity contribution in [2.24, 2.45) is 0 Å². The van der Waals surface area contributed by atoms with Gasteiger partial charge in [-0.3, -0.25) is 0 Å². The Morgan fingerprint density at radius 1 is 1.43 bits per heavy atom. The second-order valence-corrected chi connectivity index (χ2v) is 3.39. The molecule has 0 saturated carbocycles. The number of carboxylic acids is 1. The first-order valence-corrected chi connectivity index (χ1v) is 4.20. The predicted molar refractivity (Wildman–Crippen MR) is 52.5 cm³/mol. The molecule has 0 spiro atoms. The van der Waals surface area contributed by atoms with E-state index in [1.54, 1.807) is 0 Å². The highest BCUT2D eigenvalue weighted by Gasteiger charge is 2.07. The van der Waals surface area contributed by atoms with Gasteiger partial charge >= 0.3 is 5.97 Å². The van der Waals surface area contributed by atoms with Crippen molar-refractivity contribution < 1.29 is 15.0 Å². The molecular weight excluding hydrogens is 182 g/mol. The second-order valence-electron chi connectivity index (χ2n) is 3.39. The average molecular weight is 195 g/mol. The van der Waals surface area contributed by atoms with Gasteiger partial charge in [0.25, 0.3) is 0 Å². The SMILES string of the molecule is CN(C)Cc1cc(C(=O)O)ccc1O. The third kappa shape index (κ3) is 2.47. The fourth-order valence-corrected chi connectivity index (χ4v) is 1.19. The maximum Gasteiger partial charge on any atom is 0.335 e. The minimum Gasteiger partial charge on any atom is -0.508 e. The molecule has 14 heavy (non-hydrogen) atoms. The molecule has 0 bridgehead atoms. The van der Waals surface area contributed by atoms with Crippen molar-refractivity contribution in [1.29, 1.82) is 0 Å². The lowest BCUT2D eigenvalue weighted by Gasteiger charge is -2.11. The summed E-state index contributed by atoms with van der Waals surface area (Å²) in [6.07, 6.45) is 0. The number of aromatic carboxylic acids is 1. The highest BCUT2D eigenvalue weighted by Crippen LogP contribution is 2.19. The number of hydrogen-bond donors (Lipinski definition) is 2. The van der Waals surface area contributed by atoms with Crippen molar-refractivity contribution in [2.45, 2.75) is 6.54 Å². The van der Waals surface area contributed by atoms with E-state index in [-0.39, 0.29) is 11.3 Å². The number of nitrogens with zero attached hydrogens (tertiary/aromatic N) is 1. The Bertz CT molecular complexity index is 347. The Balaban J connectivity index is 3.02. The molecule has 0 aliphatic rings. The van der Waals surface area contributed by atoms with Gasteiger partial charge in [0.15, 0.2) is 0 Å². The molecule has 0 aromatic heterocycles. The molecule has 76 valence electrons. The first kappa shape index (κ1) is 10.5. The number of benzene rings is 1. The minimum atomic E-state index is -0.981. The predicted octanol–water partition coefficient (Wildman–Crippen LogP) is 1.15. The average Bonchev–Trinajstić information content (AvgIpc) is 2.07. The van der Waals surface area contributed by atoms with Crippen LogP contribution in [0.5, 0.6) is 5.75 Å². The van der Waals surface area contributed by atoms with E-state index in [0.717, 1.165) is 0 Å². The fraction of sp³-hybridized carbons (Fsp3) is 0.300. The molecule has 0 unspecified atom stereocenters. The zero-order valence-corrected chi connectivity index (χ0v) is 8.19. The van der Waals surface area contributed by atoms with E-state index in [1.807, 2.05) is 19.0 Å². The smallest absolute Gasteiger partial charge is 0.335 e. The Morgan fingerprint density at radius 2 is 2.07 bits per heavy atom. The Labute approximate surface area is 82.4 Å². The van der Waals surface area contributed by atoms with Crippen LogP contribution in [0.3, 0.4) is 0 Å². The minimum absolute atomic E-state index is 0.128. The van der Waals surface area contributed by atoms with Crippen molar-refractivity contribution in [1.82, 2.24) is 4.90 Å². The summed E-state index contributed by atoms with van der Waals surface area (Å²) in [6.45, 7) is 0.521. The molecule has 1 rings (SSSR count). The van der Waals surface area contributed by atoms with Gasteiger partial charge in [0.2, 0.25) is 0 Å². The molecule has 4 heteroatoms. The molecule has 0 saturated heterocycles. The normalized spacial score (nSPS) is 10.5. The maximum absolute atomic E-state index is 10.7. The van der Waals surface area contributed by atoms with Gasteiger partial charge in [0.1, 0.15) is 5.75 Å². The first-order valence-electron chi connectivity index (χ1n) is 4.20. The number of carboxylic acid groups (broad SMARTS) is 1. The van der Waals surface area contributed by atoms with Crippen LogP contribution < -0.4 is 0 Å². The molecule has 0 atom stereocenters. The molecule has 4 nitrogen and oxygen atoms in total. The van der Waals surface area contributed by atoms with Crippen LogP contribution in [0.2, 0.25) is 0 Å². The van der Waals surface area contributed by atoms with Crippen LogP contribution in [0.4, 0.5) is 0 Å². The quantitative estimate of drug-likeness (QED) is 0.759. The third-order valence-electron chi connectivity index (χ3n) is 1.81. The number of carbonyl (C=O) groups is 1. The first-order chi connectivity index (χ1) is 6.50. The van der Waals surface area contributed by atoms with Crippen LogP contribution in [0.25, 0.3) is 0 Å². The standard InChI is InChI=1S/C10H13NO3/c1-11(2)6-8-5-7(10(13)14)3-4-9(8)12/h3-5,12H,6H2,1-2H3,(H,13,14).